The molecule has 0 amide bonds. The Balaban J connectivity index is 1.74. The molecule has 1 aromatic carbocycles. The number of rotatable bonds is 6. The Hall–Kier alpha value is -1.44. The molecule has 0 aliphatic carbocycles. The summed E-state index contributed by atoms with van der Waals surface area (Å²) in [6.45, 7) is 4.39. The van der Waals surface area contributed by atoms with Crippen LogP contribution in [-0.4, -0.2) is 19.8 Å². The molecule has 0 saturated carbocycles. The van der Waals surface area contributed by atoms with Crippen LogP contribution < -0.4 is 5.73 Å². The van der Waals surface area contributed by atoms with Gasteiger partial charge in [-0.3, -0.25) is 0 Å². The predicted molar refractivity (Wildman–Crippen MR) is 89.7 cm³/mol. The van der Waals surface area contributed by atoms with Crippen molar-refractivity contribution in [1.82, 2.24) is 19.8 Å². The molecule has 7 heteroatoms. The predicted octanol–water partition coefficient (Wildman–Crippen LogP) is 2.81. The summed E-state index contributed by atoms with van der Waals surface area (Å²) in [7, 11) is 0. The fourth-order valence-corrected chi connectivity index (χ4v) is 4.16. The number of fused-ring (bicyclic) bond motifs is 1. The minimum atomic E-state index is 0.129. The van der Waals surface area contributed by atoms with E-state index in [0.29, 0.717) is 5.92 Å². The van der Waals surface area contributed by atoms with Crippen LogP contribution >= 0.6 is 23.1 Å². The van der Waals surface area contributed by atoms with Gasteiger partial charge in [-0.25, -0.2) is 0 Å². The van der Waals surface area contributed by atoms with E-state index in [1.165, 1.54) is 5.56 Å². The summed E-state index contributed by atoms with van der Waals surface area (Å²) in [5.41, 5.74) is 5.51. The fourth-order valence-electron chi connectivity index (χ4n) is 2.32. The summed E-state index contributed by atoms with van der Waals surface area (Å²) in [6.07, 6.45) is 0.991. The van der Waals surface area contributed by atoms with Gasteiger partial charge in [0.15, 0.2) is 4.34 Å². The van der Waals surface area contributed by atoms with Crippen molar-refractivity contribution in [1.29, 1.82) is 0 Å². The molecular weight excluding hydrogens is 314 g/mol. The lowest BCUT2D eigenvalue weighted by molar-refractivity contribution is -0.432. The maximum atomic E-state index is 4.65. The highest BCUT2D eigenvalue weighted by molar-refractivity contribution is 8.00. The molecule has 3 aromatic rings. The van der Waals surface area contributed by atoms with Gasteiger partial charge in [0.2, 0.25) is 10.8 Å². The molecule has 1 atom stereocenters. The third-order valence-corrected chi connectivity index (χ3v) is 5.43. The molecule has 0 unspecified atom stereocenters. The minimum absolute atomic E-state index is 0.129. The monoisotopic (exact) mass is 334 g/mol. The topological polar surface area (TPSA) is 70.7 Å². The third kappa shape index (κ3) is 3.48. The smallest absolute Gasteiger partial charge is 0.235 e. The molecular formula is C15H20N5S2+. The number of quaternary nitrogens is 1. The molecule has 0 fully saturated rings. The normalized spacial score (nSPS) is 13.1. The molecule has 22 heavy (non-hydrogen) atoms. The van der Waals surface area contributed by atoms with Gasteiger partial charge in [-0.1, -0.05) is 67.3 Å². The first-order chi connectivity index (χ1) is 10.6. The van der Waals surface area contributed by atoms with E-state index in [2.05, 4.69) is 59.1 Å². The molecule has 5 nitrogen and oxygen atoms in total. The maximum absolute atomic E-state index is 4.65. The van der Waals surface area contributed by atoms with E-state index in [-0.39, 0.29) is 6.04 Å². The van der Waals surface area contributed by atoms with Gasteiger partial charge >= 0.3 is 0 Å². The van der Waals surface area contributed by atoms with Crippen LogP contribution in [0.5, 0.6) is 0 Å². The van der Waals surface area contributed by atoms with Crippen molar-refractivity contribution >= 4 is 28.1 Å². The van der Waals surface area contributed by atoms with E-state index < -0.39 is 0 Å². The first-order valence-electron chi connectivity index (χ1n) is 7.35. The van der Waals surface area contributed by atoms with Crippen LogP contribution in [0.2, 0.25) is 0 Å². The third-order valence-electron chi connectivity index (χ3n) is 3.32. The average Bonchev–Trinajstić information content (AvgIpc) is 3.05. The lowest BCUT2D eigenvalue weighted by Gasteiger charge is -2.07. The SMILES string of the molecule is CC(C)C[C@H]([NH3+])c1nnc2sc(SCc3ccccc3)nn12. The first kappa shape index (κ1) is 15.5. The number of benzene rings is 1. The van der Waals surface area contributed by atoms with Gasteiger partial charge < -0.3 is 5.73 Å². The lowest BCUT2D eigenvalue weighted by atomic mass is 10.0. The zero-order valence-corrected chi connectivity index (χ0v) is 14.4. The zero-order chi connectivity index (χ0) is 15.5. The van der Waals surface area contributed by atoms with E-state index in [1.54, 1.807) is 23.1 Å². The molecule has 3 N–H and O–H groups in total. The summed E-state index contributed by atoms with van der Waals surface area (Å²) in [6, 6.07) is 10.6. The van der Waals surface area contributed by atoms with Crippen molar-refractivity contribution in [3.8, 4) is 0 Å². The first-order valence-corrected chi connectivity index (χ1v) is 9.15. The Labute approximate surface area is 137 Å². The highest BCUT2D eigenvalue weighted by Crippen LogP contribution is 2.28. The van der Waals surface area contributed by atoms with Crippen molar-refractivity contribution in [2.75, 3.05) is 0 Å². The van der Waals surface area contributed by atoms with E-state index >= 15 is 0 Å². The van der Waals surface area contributed by atoms with E-state index in [1.807, 2.05) is 10.6 Å². The lowest BCUT2D eigenvalue weighted by Crippen LogP contribution is -2.54. The average molecular weight is 334 g/mol. The van der Waals surface area contributed by atoms with Gasteiger partial charge in [-0.2, -0.15) is 4.52 Å². The standard InChI is InChI=1S/C15H19N5S2/c1-10(2)8-12(16)13-17-18-14-20(13)19-15(22-14)21-9-11-6-4-3-5-7-11/h3-7,10,12H,8-9,16H2,1-2H3/p+1/t12-/m0/s1. The van der Waals surface area contributed by atoms with Gasteiger partial charge in [0.05, 0.1) is 0 Å². The van der Waals surface area contributed by atoms with Crippen LogP contribution in [0, 0.1) is 5.92 Å². The van der Waals surface area contributed by atoms with Crippen molar-refractivity contribution < 1.29 is 5.73 Å². The molecule has 0 bridgehead atoms. The molecule has 0 saturated heterocycles. The summed E-state index contributed by atoms with van der Waals surface area (Å²) >= 11 is 3.32. The Bertz CT molecular complexity index is 735. The fraction of sp³-hybridized carbons (Fsp3) is 0.400. The summed E-state index contributed by atoms with van der Waals surface area (Å²) in [5, 5.41) is 13.1. The second-order valence-corrected chi connectivity index (χ2v) is 7.90. The van der Waals surface area contributed by atoms with Crippen molar-refractivity contribution in [2.45, 2.75) is 36.4 Å². The van der Waals surface area contributed by atoms with E-state index in [4.69, 9.17) is 0 Å². The molecule has 116 valence electrons. The zero-order valence-electron chi connectivity index (χ0n) is 12.8. The van der Waals surface area contributed by atoms with Gasteiger partial charge in [-0.05, 0) is 11.5 Å². The molecule has 0 aliphatic heterocycles. The van der Waals surface area contributed by atoms with Crippen LogP contribution in [0.15, 0.2) is 34.7 Å². The number of nitrogens with zero attached hydrogens (tertiary/aromatic N) is 4. The van der Waals surface area contributed by atoms with Crippen LogP contribution in [0.3, 0.4) is 0 Å². The quantitative estimate of drug-likeness (QED) is 0.704. The van der Waals surface area contributed by atoms with Gasteiger partial charge in [0.1, 0.15) is 6.04 Å². The highest BCUT2D eigenvalue weighted by Gasteiger charge is 2.21. The molecule has 0 aliphatic rings. The summed E-state index contributed by atoms with van der Waals surface area (Å²) in [4.78, 5) is 0.850. The Morgan fingerprint density at radius 3 is 2.73 bits per heavy atom. The molecule has 0 radical (unpaired) electrons. The van der Waals surface area contributed by atoms with Gasteiger partial charge in [0.25, 0.3) is 0 Å². The van der Waals surface area contributed by atoms with E-state index in [0.717, 1.165) is 27.3 Å². The van der Waals surface area contributed by atoms with Gasteiger partial charge in [-0.15, -0.1) is 15.3 Å². The molecule has 2 heterocycles. The highest BCUT2D eigenvalue weighted by atomic mass is 32.2. The maximum Gasteiger partial charge on any atom is 0.235 e. The second kappa shape index (κ2) is 6.76. The summed E-state index contributed by atoms with van der Waals surface area (Å²) in [5.74, 6) is 2.37. The van der Waals surface area contributed by atoms with Crippen molar-refractivity contribution in [3.63, 3.8) is 0 Å². The molecule has 2 aromatic heterocycles. The Kier molecular flexibility index (Phi) is 4.75. The Morgan fingerprint density at radius 2 is 2.00 bits per heavy atom. The molecule has 3 rings (SSSR count). The second-order valence-electron chi connectivity index (χ2n) is 5.72. The number of hydrogen-bond acceptors (Lipinski definition) is 5. The number of hydrogen-bond donors (Lipinski definition) is 1. The summed E-state index contributed by atoms with van der Waals surface area (Å²) < 4.78 is 2.88. The van der Waals surface area contributed by atoms with Gasteiger partial charge in [0, 0.05) is 12.2 Å². The van der Waals surface area contributed by atoms with Crippen molar-refractivity contribution in [2.24, 2.45) is 5.92 Å². The molecule has 0 spiro atoms. The van der Waals surface area contributed by atoms with Crippen LogP contribution in [0.1, 0.15) is 37.7 Å². The van der Waals surface area contributed by atoms with E-state index in [9.17, 15) is 0 Å². The van der Waals surface area contributed by atoms with Crippen molar-refractivity contribution in [3.05, 3.63) is 41.7 Å². The number of thioether (sulfide) groups is 1. The minimum Gasteiger partial charge on any atom is -0.349 e. The van der Waals surface area contributed by atoms with Crippen LogP contribution in [0.25, 0.3) is 4.96 Å². The Morgan fingerprint density at radius 1 is 1.23 bits per heavy atom. The van der Waals surface area contributed by atoms with Crippen LogP contribution in [-0.2, 0) is 5.75 Å². The largest absolute Gasteiger partial charge is 0.349 e. The van der Waals surface area contributed by atoms with Crippen LogP contribution in [0.4, 0.5) is 0 Å². The number of aromatic nitrogens is 4.